The average Bonchev–Trinajstić information content (AvgIpc) is 2.30. The van der Waals surface area contributed by atoms with Crippen molar-refractivity contribution < 1.29 is 0 Å². The van der Waals surface area contributed by atoms with Gasteiger partial charge in [-0.1, -0.05) is 31.4 Å². The Morgan fingerprint density at radius 3 is 1.88 bits per heavy atom. The van der Waals surface area contributed by atoms with Gasteiger partial charge in [-0.2, -0.15) is 0 Å². The molecule has 0 bridgehead atoms. The predicted molar refractivity (Wildman–Crippen MR) is 79.7 cm³/mol. The van der Waals surface area contributed by atoms with Crippen LogP contribution < -0.4 is 10.4 Å². The fraction of sp³-hybridized carbons (Fsp3) is 0.571. The Morgan fingerprint density at radius 1 is 0.941 bits per heavy atom. The number of hydrogen-bond donors (Lipinski definition) is 0. The first-order valence-corrected chi connectivity index (χ1v) is 6.66. The summed E-state index contributed by atoms with van der Waals surface area (Å²) in [5.74, 6) is 0. The molecular weight excluding hydrogens is 207 g/mol. The normalized spacial score (nSPS) is 10.6. The summed E-state index contributed by atoms with van der Waals surface area (Å²) in [5.41, 5.74) is 2.68. The van der Waals surface area contributed by atoms with E-state index in [1.807, 2.05) is 0 Å². The lowest BCUT2D eigenvalue weighted by atomic mass is 9.80. The third kappa shape index (κ3) is 4.82. The molecule has 94 valence electrons. The topological polar surface area (TPSA) is 6.48 Å². The molecule has 2 nitrogen and oxygen atoms in total. The van der Waals surface area contributed by atoms with Crippen molar-refractivity contribution in [3.05, 3.63) is 24.3 Å². The summed E-state index contributed by atoms with van der Waals surface area (Å²) in [5, 5.41) is 0. The molecule has 0 saturated heterocycles. The molecule has 0 heterocycles. The number of nitrogens with zero attached hydrogens (tertiary/aromatic N) is 2. The van der Waals surface area contributed by atoms with Crippen LogP contribution in [0.5, 0.6) is 0 Å². The van der Waals surface area contributed by atoms with Gasteiger partial charge in [-0.3, -0.25) is 0 Å². The maximum atomic E-state index is 2.53. The third-order valence-corrected chi connectivity index (χ3v) is 2.94. The van der Waals surface area contributed by atoms with E-state index in [0.717, 1.165) is 7.41 Å². The highest BCUT2D eigenvalue weighted by Crippen LogP contribution is 2.07. The monoisotopic (exact) mass is 232 g/mol. The van der Waals surface area contributed by atoms with Gasteiger partial charge in [0.15, 0.2) is 0 Å². The summed E-state index contributed by atoms with van der Waals surface area (Å²) in [6, 6.07) is 8.89. The van der Waals surface area contributed by atoms with Crippen LogP contribution >= 0.6 is 0 Å². The molecule has 0 aliphatic heterocycles. The van der Waals surface area contributed by atoms with Gasteiger partial charge < -0.3 is 9.71 Å². The molecule has 3 heteroatoms. The van der Waals surface area contributed by atoms with Crippen molar-refractivity contribution in [2.75, 3.05) is 32.1 Å². The van der Waals surface area contributed by atoms with E-state index in [1.165, 1.54) is 37.1 Å². The van der Waals surface area contributed by atoms with Gasteiger partial charge >= 0.3 is 0 Å². The van der Waals surface area contributed by atoms with Gasteiger partial charge in [-0.25, -0.2) is 0 Å². The zero-order valence-electron chi connectivity index (χ0n) is 11.7. The second-order valence-electron chi connectivity index (χ2n) is 4.84. The summed E-state index contributed by atoms with van der Waals surface area (Å²) in [6.07, 6.45) is 2.46. The van der Waals surface area contributed by atoms with Crippen molar-refractivity contribution in [1.82, 2.24) is 4.81 Å². The van der Waals surface area contributed by atoms with E-state index in [1.54, 1.807) is 0 Å². The molecule has 0 radical (unpaired) electrons. The Kier molecular flexibility index (Phi) is 6.13. The van der Waals surface area contributed by atoms with E-state index in [-0.39, 0.29) is 0 Å². The molecule has 0 aromatic heterocycles. The van der Waals surface area contributed by atoms with Gasteiger partial charge in [0.1, 0.15) is 0 Å². The predicted octanol–water partition coefficient (Wildman–Crippen LogP) is 1.85. The van der Waals surface area contributed by atoms with Crippen LogP contribution in [0.2, 0.25) is 0 Å². The van der Waals surface area contributed by atoms with Crippen LogP contribution in [0.3, 0.4) is 0 Å². The lowest BCUT2D eigenvalue weighted by Gasteiger charge is -2.20. The minimum absolute atomic E-state index is 1.08. The Morgan fingerprint density at radius 2 is 1.47 bits per heavy atom. The van der Waals surface area contributed by atoms with E-state index in [2.05, 4.69) is 61.9 Å². The standard InChI is InChI=1S/C14H25BN2/c1-5-11-17(12-6-2)15-13-7-9-14(10-8-13)16(3)4/h7-10,15H,5-6,11-12H2,1-4H3. The van der Waals surface area contributed by atoms with E-state index in [4.69, 9.17) is 0 Å². The number of hydrogen-bond acceptors (Lipinski definition) is 2. The molecule has 0 amide bonds. The molecule has 0 unspecified atom stereocenters. The summed E-state index contributed by atoms with van der Waals surface area (Å²) in [6.45, 7) is 6.89. The zero-order valence-corrected chi connectivity index (χ0v) is 11.7. The first kappa shape index (κ1) is 14.1. The van der Waals surface area contributed by atoms with Crippen molar-refractivity contribution in [2.45, 2.75) is 26.7 Å². The minimum atomic E-state index is 1.08. The molecule has 17 heavy (non-hydrogen) atoms. The Hall–Kier alpha value is -0.955. The highest BCUT2D eigenvalue weighted by atomic mass is 15.1. The van der Waals surface area contributed by atoms with E-state index < -0.39 is 0 Å². The van der Waals surface area contributed by atoms with Crippen molar-refractivity contribution in [3.8, 4) is 0 Å². The molecule has 0 spiro atoms. The van der Waals surface area contributed by atoms with Crippen LogP contribution in [0.25, 0.3) is 0 Å². The lowest BCUT2D eigenvalue weighted by Crippen LogP contribution is -2.37. The molecule has 1 aromatic rings. The summed E-state index contributed by atoms with van der Waals surface area (Å²) >= 11 is 0. The molecule has 1 rings (SSSR count). The van der Waals surface area contributed by atoms with Crippen molar-refractivity contribution in [3.63, 3.8) is 0 Å². The molecular formula is C14H25BN2. The highest BCUT2D eigenvalue weighted by Gasteiger charge is 2.06. The van der Waals surface area contributed by atoms with Crippen LogP contribution in [0.1, 0.15) is 26.7 Å². The van der Waals surface area contributed by atoms with Crippen LogP contribution in [-0.4, -0.2) is 39.4 Å². The molecule has 1 aromatic carbocycles. The van der Waals surface area contributed by atoms with E-state index >= 15 is 0 Å². The quantitative estimate of drug-likeness (QED) is 0.662. The smallest absolute Gasteiger partial charge is 0.238 e. The number of anilines is 1. The molecule has 0 aliphatic rings. The van der Waals surface area contributed by atoms with Gasteiger partial charge in [0.2, 0.25) is 7.41 Å². The Bertz CT molecular complexity index is 303. The average molecular weight is 232 g/mol. The minimum Gasteiger partial charge on any atom is -0.378 e. The number of benzene rings is 1. The highest BCUT2D eigenvalue weighted by molar-refractivity contribution is 6.50. The summed E-state index contributed by atoms with van der Waals surface area (Å²) < 4.78 is 0. The molecule has 0 saturated carbocycles. The van der Waals surface area contributed by atoms with Crippen LogP contribution in [-0.2, 0) is 0 Å². The molecule has 0 N–H and O–H groups in total. The largest absolute Gasteiger partial charge is 0.378 e. The Balaban J connectivity index is 2.59. The van der Waals surface area contributed by atoms with Gasteiger partial charge in [0, 0.05) is 19.8 Å². The number of rotatable bonds is 7. The van der Waals surface area contributed by atoms with Crippen molar-refractivity contribution in [2.24, 2.45) is 0 Å². The lowest BCUT2D eigenvalue weighted by molar-refractivity contribution is 0.445. The molecule has 0 aliphatic carbocycles. The summed E-state index contributed by atoms with van der Waals surface area (Å²) in [7, 11) is 5.24. The van der Waals surface area contributed by atoms with Gasteiger partial charge in [-0.05, 0) is 38.1 Å². The summed E-state index contributed by atoms with van der Waals surface area (Å²) in [4.78, 5) is 4.67. The van der Waals surface area contributed by atoms with Crippen LogP contribution in [0.4, 0.5) is 5.69 Å². The second kappa shape index (κ2) is 7.39. The SMILES string of the molecule is CCCN(Bc1ccc(N(C)C)cc1)CCC. The van der Waals surface area contributed by atoms with Crippen molar-refractivity contribution >= 4 is 18.6 Å². The fourth-order valence-corrected chi connectivity index (χ4v) is 2.06. The first-order chi connectivity index (χ1) is 8.17. The zero-order chi connectivity index (χ0) is 12.7. The van der Waals surface area contributed by atoms with Gasteiger partial charge in [0.25, 0.3) is 0 Å². The van der Waals surface area contributed by atoms with E-state index in [0.29, 0.717) is 0 Å². The third-order valence-electron chi connectivity index (χ3n) is 2.94. The first-order valence-electron chi connectivity index (χ1n) is 6.66. The van der Waals surface area contributed by atoms with Crippen LogP contribution in [0.15, 0.2) is 24.3 Å². The molecule has 0 atom stereocenters. The van der Waals surface area contributed by atoms with E-state index in [9.17, 15) is 0 Å². The maximum absolute atomic E-state index is 2.53. The van der Waals surface area contributed by atoms with Gasteiger partial charge in [0.05, 0.1) is 0 Å². The molecule has 0 fully saturated rings. The van der Waals surface area contributed by atoms with Crippen molar-refractivity contribution in [1.29, 1.82) is 0 Å². The van der Waals surface area contributed by atoms with Crippen LogP contribution in [0, 0.1) is 0 Å². The fourth-order valence-electron chi connectivity index (χ4n) is 2.06. The second-order valence-corrected chi connectivity index (χ2v) is 4.84. The van der Waals surface area contributed by atoms with Gasteiger partial charge in [-0.15, -0.1) is 0 Å². The maximum Gasteiger partial charge on any atom is 0.238 e. The Labute approximate surface area is 107 Å².